The number of hydrogen-bond donors (Lipinski definition) is 2. The van der Waals surface area contributed by atoms with Crippen LogP contribution >= 0.6 is 11.6 Å². The lowest BCUT2D eigenvalue weighted by atomic mass is 9.94. The number of halogens is 1. The number of phenols is 1. The molecular weight excluding hydrogens is 264 g/mol. The van der Waals surface area contributed by atoms with E-state index in [0.29, 0.717) is 5.02 Å². The number of benzene rings is 2. The fourth-order valence-corrected chi connectivity index (χ4v) is 2.93. The Morgan fingerprint density at radius 1 is 1.21 bits per heavy atom. The van der Waals surface area contributed by atoms with Gasteiger partial charge in [0.25, 0.3) is 0 Å². The molecule has 0 radical (unpaired) electrons. The molecule has 0 heterocycles. The number of aliphatic carboxylic acids is 1. The lowest BCUT2D eigenvalue weighted by Crippen LogP contribution is -2.05. The van der Waals surface area contributed by atoms with Crippen molar-refractivity contribution in [3.63, 3.8) is 0 Å². The molecular formula is C15H11ClO3. The summed E-state index contributed by atoms with van der Waals surface area (Å²) in [7, 11) is 0. The molecule has 3 nitrogen and oxygen atoms in total. The van der Waals surface area contributed by atoms with E-state index in [4.69, 9.17) is 16.7 Å². The summed E-state index contributed by atoms with van der Waals surface area (Å²) in [4.78, 5) is 11.0. The highest BCUT2D eigenvalue weighted by Gasteiger charge is 2.32. The Morgan fingerprint density at radius 3 is 2.74 bits per heavy atom. The molecule has 1 aliphatic rings. The van der Waals surface area contributed by atoms with Gasteiger partial charge in [-0.15, -0.1) is 0 Å². The van der Waals surface area contributed by atoms with Crippen molar-refractivity contribution < 1.29 is 15.0 Å². The van der Waals surface area contributed by atoms with Gasteiger partial charge in [0.1, 0.15) is 5.75 Å². The van der Waals surface area contributed by atoms with Crippen LogP contribution in [0.15, 0.2) is 36.4 Å². The molecule has 0 amide bonds. The zero-order chi connectivity index (χ0) is 13.6. The van der Waals surface area contributed by atoms with Crippen LogP contribution < -0.4 is 0 Å². The summed E-state index contributed by atoms with van der Waals surface area (Å²) in [6.45, 7) is 0. The number of phenolic OH excluding ortho intramolecular Hbond substituents is 1. The van der Waals surface area contributed by atoms with Crippen LogP contribution in [0.5, 0.6) is 5.75 Å². The van der Waals surface area contributed by atoms with Crippen LogP contribution in [0.1, 0.15) is 23.5 Å². The molecule has 0 fully saturated rings. The highest BCUT2D eigenvalue weighted by atomic mass is 35.5. The molecule has 2 aromatic rings. The van der Waals surface area contributed by atoms with Crippen LogP contribution in [0.25, 0.3) is 11.1 Å². The summed E-state index contributed by atoms with van der Waals surface area (Å²) in [6, 6.07) is 10.6. The van der Waals surface area contributed by atoms with Gasteiger partial charge in [-0.3, -0.25) is 4.79 Å². The second kappa shape index (κ2) is 4.28. The van der Waals surface area contributed by atoms with Gasteiger partial charge in [-0.1, -0.05) is 29.8 Å². The molecule has 0 saturated carbocycles. The van der Waals surface area contributed by atoms with E-state index < -0.39 is 5.97 Å². The van der Waals surface area contributed by atoms with Crippen molar-refractivity contribution in [3.8, 4) is 16.9 Å². The van der Waals surface area contributed by atoms with Gasteiger partial charge >= 0.3 is 5.97 Å². The van der Waals surface area contributed by atoms with Crippen LogP contribution in [0.3, 0.4) is 0 Å². The molecule has 96 valence electrons. The lowest BCUT2D eigenvalue weighted by Gasteiger charge is -2.10. The van der Waals surface area contributed by atoms with E-state index in [0.717, 1.165) is 22.3 Å². The van der Waals surface area contributed by atoms with E-state index in [1.54, 1.807) is 24.3 Å². The molecule has 0 spiro atoms. The molecule has 0 aliphatic heterocycles. The molecule has 19 heavy (non-hydrogen) atoms. The molecule has 1 unspecified atom stereocenters. The number of hydrogen-bond acceptors (Lipinski definition) is 2. The minimum absolute atomic E-state index is 0.0101. The van der Waals surface area contributed by atoms with Crippen LogP contribution in [0, 0.1) is 0 Å². The Kier molecular flexibility index (Phi) is 2.72. The highest BCUT2D eigenvalue weighted by Crippen LogP contribution is 2.50. The Morgan fingerprint density at radius 2 is 2.00 bits per heavy atom. The van der Waals surface area contributed by atoms with E-state index in [1.807, 2.05) is 12.1 Å². The van der Waals surface area contributed by atoms with Crippen molar-refractivity contribution in [1.82, 2.24) is 0 Å². The first-order valence-electron chi connectivity index (χ1n) is 5.91. The summed E-state index contributed by atoms with van der Waals surface area (Å²) in [5.41, 5.74) is 3.30. The number of rotatable bonds is 2. The van der Waals surface area contributed by atoms with Crippen molar-refractivity contribution in [2.75, 3.05) is 0 Å². The van der Waals surface area contributed by atoms with Gasteiger partial charge in [0.2, 0.25) is 0 Å². The number of carbonyl (C=O) groups is 1. The first-order chi connectivity index (χ1) is 9.08. The van der Waals surface area contributed by atoms with Crippen molar-refractivity contribution in [3.05, 3.63) is 52.5 Å². The van der Waals surface area contributed by atoms with Gasteiger partial charge in [0, 0.05) is 16.5 Å². The van der Waals surface area contributed by atoms with Crippen molar-refractivity contribution in [2.24, 2.45) is 0 Å². The summed E-state index contributed by atoms with van der Waals surface area (Å²) in [5.74, 6) is -0.950. The largest absolute Gasteiger partial charge is 0.507 e. The van der Waals surface area contributed by atoms with Gasteiger partial charge < -0.3 is 10.2 Å². The maximum atomic E-state index is 11.0. The third kappa shape index (κ3) is 1.87. The Labute approximate surface area is 115 Å². The smallest absolute Gasteiger partial charge is 0.304 e. The molecule has 3 rings (SSSR count). The highest BCUT2D eigenvalue weighted by molar-refractivity contribution is 6.30. The Bertz CT molecular complexity index is 679. The summed E-state index contributed by atoms with van der Waals surface area (Å²) in [6.07, 6.45) is -0.0101. The average Bonchev–Trinajstić information content (AvgIpc) is 2.64. The van der Waals surface area contributed by atoms with Gasteiger partial charge in [-0.25, -0.2) is 0 Å². The van der Waals surface area contributed by atoms with Gasteiger partial charge in [-0.2, -0.15) is 0 Å². The van der Waals surface area contributed by atoms with Gasteiger partial charge in [-0.05, 0) is 34.9 Å². The van der Waals surface area contributed by atoms with Crippen LogP contribution in [0.4, 0.5) is 0 Å². The molecule has 0 saturated heterocycles. The van der Waals surface area contributed by atoms with Crippen molar-refractivity contribution >= 4 is 17.6 Å². The monoisotopic (exact) mass is 274 g/mol. The lowest BCUT2D eigenvalue weighted by molar-refractivity contribution is -0.137. The number of fused-ring (bicyclic) bond motifs is 3. The zero-order valence-electron chi connectivity index (χ0n) is 9.93. The SMILES string of the molecule is O=C(O)CC1c2cc(Cl)ccc2-c2c(O)cccc21. The third-order valence-electron chi connectivity index (χ3n) is 3.49. The minimum atomic E-state index is -0.868. The van der Waals surface area contributed by atoms with E-state index in [-0.39, 0.29) is 18.1 Å². The summed E-state index contributed by atoms with van der Waals surface area (Å²) in [5, 5.41) is 19.7. The van der Waals surface area contributed by atoms with E-state index in [2.05, 4.69) is 0 Å². The van der Waals surface area contributed by atoms with Crippen LogP contribution in [0.2, 0.25) is 5.02 Å². The summed E-state index contributed by atoms with van der Waals surface area (Å²) >= 11 is 6.00. The quantitative estimate of drug-likeness (QED) is 0.879. The number of carboxylic acids is 1. The predicted octanol–water partition coefficient (Wildman–Crippen LogP) is 3.63. The fourth-order valence-electron chi connectivity index (χ4n) is 2.75. The van der Waals surface area contributed by atoms with E-state index >= 15 is 0 Å². The van der Waals surface area contributed by atoms with Crippen molar-refractivity contribution in [2.45, 2.75) is 12.3 Å². The summed E-state index contributed by atoms with van der Waals surface area (Å²) < 4.78 is 0. The molecule has 0 bridgehead atoms. The second-order valence-electron chi connectivity index (χ2n) is 4.62. The molecule has 1 aliphatic carbocycles. The maximum absolute atomic E-state index is 11.0. The van der Waals surface area contributed by atoms with Crippen LogP contribution in [-0.4, -0.2) is 16.2 Å². The zero-order valence-corrected chi connectivity index (χ0v) is 10.7. The Hall–Kier alpha value is -2.00. The van der Waals surface area contributed by atoms with E-state index in [1.165, 1.54) is 0 Å². The maximum Gasteiger partial charge on any atom is 0.304 e. The number of aromatic hydroxyl groups is 1. The van der Waals surface area contributed by atoms with E-state index in [9.17, 15) is 9.90 Å². The topological polar surface area (TPSA) is 57.5 Å². The fraction of sp³-hybridized carbons (Fsp3) is 0.133. The molecule has 2 aromatic carbocycles. The predicted molar refractivity (Wildman–Crippen MR) is 72.6 cm³/mol. The van der Waals surface area contributed by atoms with Gasteiger partial charge in [0.15, 0.2) is 0 Å². The Balaban J connectivity index is 2.26. The third-order valence-corrected chi connectivity index (χ3v) is 3.72. The first kappa shape index (κ1) is 12.1. The van der Waals surface area contributed by atoms with Crippen molar-refractivity contribution in [1.29, 1.82) is 0 Å². The average molecular weight is 275 g/mol. The van der Waals surface area contributed by atoms with Crippen LogP contribution in [-0.2, 0) is 4.79 Å². The minimum Gasteiger partial charge on any atom is -0.507 e. The van der Waals surface area contributed by atoms with Gasteiger partial charge in [0.05, 0.1) is 6.42 Å². The first-order valence-corrected chi connectivity index (χ1v) is 6.29. The second-order valence-corrected chi connectivity index (χ2v) is 5.06. The normalized spacial score (nSPS) is 15.9. The molecule has 2 N–H and O–H groups in total. The number of carboxylic acid groups (broad SMARTS) is 1. The molecule has 4 heteroatoms. The molecule has 1 atom stereocenters. The standard InChI is InChI=1S/C15H11ClO3/c16-8-4-5-10-11(6-8)12(7-14(18)19)9-2-1-3-13(17)15(9)10/h1-6,12,17H,7H2,(H,18,19). The molecule has 0 aromatic heterocycles.